The molecule has 0 aromatic heterocycles. The largest absolute Gasteiger partial charge is 0.339 e. The molecule has 0 radical (unpaired) electrons. The standard InChI is InChI=1S/C17H25N3O2S/c1-12-2-4-14(5-3-12)20-9-13(8-15(20)21)16(22)19-17(10-18)6-7-23-11-17/h12-14H,2-9,11H2,1H3,(H,19,22)/t12?,13-,14?,17-/m1/s1. The number of carbonyl (C=O) groups is 2. The maximum Gasteiger partial charge on any atom is 0.226 e. The molecule has 1 saturated carbocycles. The SMILES string of the molecule is CC1CCC(N2C[C@H](C(=O)N[C@@]3(C#N)CCSC3)CC2=O)CC1. The number of thioether (sulfide) groups is 1. The van der Waals surface area contributed by atoms with Gasteiger partial charge in [0.25, 0.3) is 0 Å². The molecular weight excluding hydrogens is 310 g/mol. The molecule has 3 fully saturated rings. The maximum atomic E-state index is 12.5. The van der Waals surface area contributed by atoms with Crippen LogP contribution in [0.25, 0.3) is 0 Å². The Labute approximate surface area is 142 Å². The molecule has 0 spiro atoms. The molecule has 0 bridgehead atoms. The highest BCUT2D eigenvalue weighted by molar-refractivity contribution is 7.99. The first-order valence-corrected chi connectivity index (χ1v) is 9.79. The quantitative estimate of drug-likeness (QED) is 0.855. The van der Waals surface area contributed by atoms with Crippen LogP contribution >= 0.6 is 11.8 Å². The van der Waals surface area contributed by atoms with Crippen LogP contribution in [0.3, 0.4) is 0 Å². The lowest BCUT2D eigenvalue weighted by Crippen LogP contribution is -2.50. The molecule has 0 aromatic carbocycles. The molecule has 6 heteroatoms. The lowest BCUT2D eigenvalue weighted by atomic mass is 9.86. The highest BCUT2D eigenvalue weighted by Gasteiger charge is 2.42. The van der Waals surface area contributed by atoms with E-state index >= 15 is 0 Å². The Morgan fingerprint density at radius 2 is 2.13 bits per heavy atom. The van der Waals surface area contributed by atoms with Crippen molar-refractivity contribution in [2.24, 2.45) is 11.8 Å². The van der Waals surface area contributed by atoms with Gasteiger partial charge in [0.1, 0.15) is 5.54 Å². The summed E-state index contributed by atoms with van der Waals surface area (Å²) in [5.41, 5.74) is -0.724. The Hall–Kier alpha value is -1.22. The van der Waals surface area contributed by atoms with Gasteiger partial charge < -0.3 is 10.2 Å². The van der Waals surface area contributed by atoms with Crippen LogP contribution in [0, 0.1) is 23.2 Å². The molecule has 0 unspecified atom stereocenters. The van der Waals surface area contributed by atoms with Gasteiger partial charge in [0.2, 0.25) is 11.8 Å². The number of hydrogen-bond donors (Lipinski definition) is 1. The van der Waals surface area contributed by atoms with Gasteiger partial charge in [-0.05, 0) is 43.8 Å². The van der Waals surface area contributed by atoms with E-state index in [1.54, 1.807) is 11.8 Å². The molecule has 2 aliphatic heterocycles. The number of nitrogens with zero attached hydrogens (tertiary/aromatic N) is 2. The second-order valence-electron chi connectivity index (χ2n) is 7.35. The van der Waals surface area contributed by atoms with E-state index in [9.17, 15) is 14.9 Å². The van der Waals surface area contributed by atoms with E-state index in [2.05, 4.69) is 18.3 Å². The molecule has 2 heterocycles. The minimum Gasteiger partial charge on any atom is -0.339 e. The average Bonchev–Trinajstić information content (AvgIpc) is 3.16. The van der Waals surface area contributed by atoms with Gasteiger partial charge in [-0.3, -0.25) is 9.59 Å². The molecule has 2 atom stereocenters. The molecule has 3 aliphatic rings. The molecule has 126 valence electrons. The third-order valence-corrected chi connectivity index (χ3v) is 6.74. The summed E-state index contributed by atoms with van der Waals surface area (Å²) < 4.78 is 0. The van der Waals surface area contributed by atoms with Crippen LogP contribution in [-0.4, -0.2) is 46.3 Å². The van der Waals surface area contributed by atoms with Gasteiger partial charge in [0.15, 0.2) is 0 Å². The lowest BCUT2D eigenvalue weighted by molar-refractivity contribution is -0.131. The van der Waals surface area contributed by atoms with Gasteiger partial charge >= 0.3 is 0 Å². The maximum absolute atomic E-state index is 12.5. The van der Waals surface area contributed by atoms with E-state index < -0.39 is 5.54 Å². The van der Waals surface area contributed by atoms with Crippen molar-refractivity contribution in [2.75, 3.05) is 18.1 Å². The van der Waals surface area contributed by atoms with Crippen LogP contribution in [0.2, 0.25) is 0 Å². The van der Waals surface area contributed by atoms with Crippen LogP contribution in [0.4, 0.5) is 0 Å². The summed E-state index contributed by atoms with van der Waals surface area (Å²) >= 11 is 1.70. The second kappa shape index (κ2) is 6.72. The fourth-order valence-electron chi connectivity index (χ4n) is 3.93. The molecule has 1 N–H and O–H groups in total. The molecule has 23 heavy (non-hydrogen) atoms. The highest BCUT2D eigenvalue weighted by atomic mass is 32.2. The summed E-state index contributed by atoms with van der Waals surface area (Å²) in [6.07, 6.45) is 5.44. The van der Waals surface area contributed by atoms with E-state index in [1.165, 1.54) is 12.8 Å². The van der Waals surface area contributed by atoms with Crippen molar-refractivity contribution in [2.45, 2.75) is 57.0 Å². The van der Waals surface area contributed by atoms with Crippen LogP contribution in [-0.2, 0) is 9.59 Å². The summed E-state index contributed by atoms with van der Waals surface area (Å²) in [6, 6.07) is 2.58. The summed E-state index contributed by atoms with van der Waals surface area (Å²) in [5, 5.41) is 12.3. The Morgan fingerprint density at radius 3 is 2.74 bits per heavy atom. The molecule has 2 amide bonds. The van der Waals surface area contributed by atoms with E-state index in [-0.39, 0.29) is 17.7 Å². The Bertz CT molecular complexity index is 516. The van der Waals surface area contributed by atoms with Gasteiger partial charge in [0, 0.05) is 24.8 Å². The van der Waals surface area contributed by atoms with Gasteiger partial charge in [-0.2, -0.15) is 17.0 Å². The first kappa shape index (κ1) is 16.6. The summed E-state index contributed by atoms with van der Waals surface area (Å²) in [6.45, 7) is 2.79. The molecular formula is C17H25N3O2S. The van der Waals surface area contributed by atoms with Gasteiger partial charge in [-0.1, -0.05) is 6.92 Å². The van der Waals surface area contributed by atoms with Crippen molar-refractivity contribution >= 4 is 23.6 Å². The highest BCUT2D eigenvalue weighted by Crippen LogP contribution is 2.32. The van der Waals surface area contributed by atoms with Crippen LogP contribution < -0.4 is 5.32 Å². The molecule has 3 rings (SSSR count). The second-order valence-corrected chi connectivity index (χ2v) is 8.45. The van der Waals surface area contributed by atoms with E-state index in [1.807, 2.05) is 4.90 Å². The predicted octanol–water partition coefficient (Wildman–Crippen LogP) is 1.93. The van der Waals surface area contributed by atoms with Crippen LogP contribution in [0.5, 0.6) is 0 Å². The fourth-order valence-corrected chi connectivity index (χ4v) is 5.20. The zero-order valence-electron chi connectivity index (χ0n) is 13.7. The Morgan fingerprint density at radius 1 is 1.39 bits per heavy atom. The minimum atomic E-state index is -0.724. The monoisotopic (exact) mass is 335 g/mol. The number of amides is 2. The first-order valence-electron chi connectivity index (χ1n) is 8.63. The first-order chi connectivity index (χ1) is 11.0. The molecule has 5 nitrogen and oxygen atoms in total. The molecule has 0 aromatic rings. The number of nitrogens with one attached hydrogen (secondary N) is 1. The summed E-state index contributed by atoms with van der Waals surface area (Å²) in [4.78, 5) is 26.8. The number of rotatable bonds is 3. The molecule has 2 saturated heterocycles. The number of carbonyl (C=O) groups excluding carboxylic acids is 2. The van der Waals surface area contributed by atoms with Crippen molar-refractivity contribution < 1.29 is 9.59 Å². The van der Waals surface area contributed by atoms with Crippen molar-refractivity contribution in [1.29, 1.82) is 5.26 Å². The van der Waals surface area contributed by atoms with E-state index in [4.69, 9.17) is 0 Å². The third kappa shape index (κ3) is 3.50. The smallest absolute Gasteiger partial charge is 0.226 e. The molecule has 1 aliphatic carbocycles. The third-order valence-electron chi connectivity index (χ3n) is 5.55. The summed E-state index contributed by atoms with van der Waals surface area (Å²) in [7, 11) is 0. The van der Waals surface area contributed by atoms with Gasteiger partial charge in [-0.15, -0.1) is 0 Å². The zero-order valence-corrected chi connectivity index (χ0v) is 14.5. The van der Waals surface area contributed by atoms with E-state index in [0.29, 0.717) is 31.2 Å². The average molecular weight is 335 g/mol. The van der Waals surface area contributed by atoms with Crippen LogP contribution in [0.15, 0.2) is 0 Å². The lowest BCUT2D eigenvalue weighted by Gasteiger charge is -2.33. The Balaban J connectivity index is 1.58. The normalized spacial score (nSPS) is 37.7. The number of nitriles is 1. The zero-order chi connectivity index (χ0) is 16.4. The Kier molecular flexibility index (Phi) is 4.86. The van der Waals surface area contributed by atoms with Crippen molar-refractivity contribution in [3.8, 4) is 6.07 Å². The van der Waals surface area contributed by atoms with Crippen molar-refractivity contribution in [3.63, 3.8) is 0 Å². The van der Waals surface area contributed by atoms with Crippen LogP contribution in [0.1, 0.15) is 45.4 Å². The number of likely N-dealkylation sites (tertiary alicyclic amines) is 1. The van der Waals surface area contributed by atoms with Gasteiger partial charge in [0.05, 0.1) is 12.0 Å². The fraction of sp³-hybridized carbons (Fsp3) is 0.824. The predicted molar refractivity (Wildman–Crippen MR) is 89.7 cm³/mol. The van der Waals surface area contributed by atoms with Gasteiger partial charge in [-0.25, -0.2) is 0 Å². The summed E-state index contributed by atoms with van der Waals surface area (Å²) in [5.74, 6) is 2.01. The minimum absolute atomic E-state index is 0.108. The van der Waals surface area contributed by atoms with Crippen molar-refractivity contribution in [3.05, 3.63) is 0 Å². The van der Waals surface area contributed by atoms with Crippen molar-refractivity contribution in [1.82, 2.24) is 10.2 Å². The topological polar surface area (TPSA) is 73.2 Å². The number of hydrogen-bond acceptors (Lipinski definition) is 4. The van der Waals surface area contributed by atoms with E-state index in [0.717, 1.165) is 24.5 Å².